The van der Waals surface area contributed by atoms with E-state index in [9.17, 15) is 9.18 Å². The minimum atomic E-state index is -0.543. The third-order valence-electron chi connectivity index (χ3n) is 2.98. The molecule has 0 heterocycles. The molecule has 80 valence electrons. The van der Waals surface area contributed by atoms with E-state index in [0.29, 0.717) is 0 Å². The van der Waals surface area contributed by atoms with Crippen LogP contribution in [0.2, 0.25) is 0 Å². The summed E-state index contributed by atoms with van der Waals surface area (Å²) in [6.45, 7) is 1.87. The van der Waals surface area contributed by atoms with Crippen molar-refractivity contribution in [1.29, 1.82) is 0 Å². The molecule has 0 aromatic heterocycles. The minimum Gasteiger partial charge on any atom is -0.494 e. The molecule has 1 saturated carbocycles. The minimum absolute atomic E-state index is 0.112. The Morgan fingerprint density at radius 2 is 2.13 bits per heavy atom. The van der Waals surface area contributed by atoms with Crippen molar-refractivity contribution < 1.29 is 13.9 Å². The maximum Gasteiger partial charge on any atom is 0.175 e. The Balaban J connectivity index is 2.40. The summed E-state index contributed by atoms with van der Waals surface area (Å²) in [6.07, 6.45) is 1.70. The summed E-state index contributed by atoms with van der Waals surface area (Å²) in [4.78, 5) is 11.9. The first-order valence-electron chi connectivity index (χ1n) is 4.96. The van der Waals surface area contributed by atoms with Gasteiger partial charge in [0.05, 0.1) is 12.7 Å². The molecule has 3 heteroatoms. The number of ether oxygens (including phenoxy) is 1. The van der Waals surface area contributed by atoms with Gasteiger partial charge in [-0.25, -0.2) is 4.39 Å². The fourth-order valence-corrected chi connectivity index (χ4v) is 1.58. The Morgan fingerprint density at radius 3 is 2.67 bits per heavy atom. The first-order chi connectivity index (χ1) is 7.08. The van der Waals surface area contributed by atoms with Crippen LogP contribution in [0, 0.1) is 11.2 Å². The third-order valence-corrected chi connectivity index (χ3v) is 2.98. The average molecular weight is 208 g/mol. The molecule has 0 bridgehead atoms. The lowest BCUT2D eigenvalue weighted by Crippen LogP contribution is -2.14. The molecule has 15 heavy (non-hydrogen) atoms. The standard InChI is InChI=1S/C12H13FO2/c1-12(6-7-12)11(14)8-4-3-5-9(15-2)10(8)13/h3-5H,6-7H2,1-2H3. The SMILES string of the molecule is COc1cccc(C(=O)C2(C)CC2)c1F. The van der Waals surface area contributed by atoms with Crippen LogP contribution in [0.5, 0.6) is 5.75 Å². The Bertz CT molecular complexity index is 408. The molecule has 0 radical (unpaired) electrons. The van der Waals surface area contributed by atoms with Crippen molar-refractivity contribution in [2.75, 3.05) is 7.11 Å². The number of hydrogen-bond donors (Lipinski definition) is 0. The molecule has 2 nitrogen and oxygen atoms in total. The van der Waals surface area contributed by atoms with E-state index in [-0.39, 0.29) is 22.5 Å². The highest BCUT2D eigenvalue weighted by Gasteiger charge is 2.45. The van der Waals surface area contributed by atoms with Crippen LogP contribution < -0.4 is 4.74 Å². The maximum atomic E-state index is 13.7. The number of carbonyl (C=O) groups excluding carboxylic acids is 1. The first-order valence-corrected chi connectivity index (χ1v) is 4.96. The zero-order valence-electron chi connectivity index (χ0n) is 8.84. The zero-order chi connectivity index (χ0) is 11.1. The van der Waals surface area contributed by atoms with Crippen LogP contribution in [0.1, 0.15) is 30.1 Å². The van der Waals surface area contributed by atoms with Crippen molar-refractivity contribution in [3.05, 3.63) is 29.6 Å². The van der Waals surface area contributed by atoms with Gasteiger partial charge in [-0.2, -0.15) is 0 Å². The van der Waals surface area contributed by atoms with E-state index >= 15 is 0 Å². The lowest BCUT2D eigenvalue weighted by Gasteiger charge is -2.10. The van der Waals surface area contributed by atoms with Gasteiger partial charge in [0.15, 0.2) is 17.3 Å². The Hall–Kier alpha value is -1.38. The summed E-state index contributed by atoms with van der Waals surface area (Å²) in [5.74, 6) is -0.526. The van der Waals surface area contributed by atoms with E-state index < -0.39 is 5.82 Å². The summed E-state index contributed by atoms with van der Waals surface area (Å²) in [7, 11) is 1.39. The van der Waals surface area contributed by atoms with Gasteiger partial charge in [0.1, 0.15) is 0 Å². The largest absolute Gasteiger partial charge is 0.494 e. The predicted octanol–water partition coefficient (Wildman–Crippen LogP) is 2.82. The topological polar surface area (TPSA) is 26.3 Å². The zero-order valence-corrected chi connectivity index (χ0v) is 8.84. The summed E-state index contributed by atoms with van der Waals surface area (Å²) >= 11 is 0. The average Bonchev–Trinajstić information content (AvgIpc) is 2.97. The molecule has 0 amide bonds. The van der Waals surface area contributed by atoms with E-state index in [2.05, 4.69) is 0 Å². The molecule has 0 aliphatic heterocycles. The number of ketones is 1. The molecule has 1 aliphatic carbocycles. The van der Waals surface area contributed by atoms with Crippen molar-refractivity contribution >= 4 is 5.78 Å². The number of rotatable bonds is 3. The number of carbonyl (C=O) groups is 1. The lowest BCUT2D eigenvalue weighted by molar-refractivity contribution is 0.0907. The van der Waals surface area contributed by atoms with Gasteiger partial charge in [0.2, 0.25) is 0 Å². The van der Waals surface area contributed by atoms with Crippen molar-refractivity contribution in [1.82, 2.24) is 0 Å². The van der Waals surface area contributed by atoms with Gasteiger partial charge in [0, 0.05) is 5.41 Å². The number of halogens is 1. The molecular formula is C12H13FO2. The van der Waals surface area contributed by atoms with Crippen molar-refractivity contribution in [3.63, 3.8) is 0 Å². The van der Waals surface area contributed by atoms with Gasteiger partial charge in [-0.05, 0) is 25.0 Å². The summed E-state index contributed by atoms with van der Waals surface area (Å²) < 4.78 is 18.6. The Kier molecular flexibility index (Phi) is 2.25. The Labute approximate surface area is 88.1 Å². The molecule has 1 aromatic carbocycles. The second kappa shape index (κ2) is 3.33. The summed E-state index contributed by atoms with van der Waals surface area (Å²) in [6, 6.07) is 4.67. The van der Waals surface area contributed by atoms with Gasteiger partial charge >= 0.3 is 0 Å². The highest BCUT2D eigenvalue weighted by atomic mass is 19.1. The predicted molar refractivity (Wildman–Crippen MR) is 54.6 cm³/mol. The molecule has 1 aliphatic rings. The molecule has 1 aromatic rings. The van der Waals surface area contributed by atoms with Crippen LogP contribution in [0.4, 0.5) is 4.39 Å². The quantitative estimate of drug-likeness (QED) is 0.714. The van der Waals surface area contributed by atoms with Gasteiger partial charge in [-0.1, -0.05) is 13.0 Å². The second-order valence-electron chi connectivity index (χ2n) is 4.21. The molecule has 2 rings (SSSR count). The monoisotopic (exact) mass is 208 g/mol. The maximum absolute atomic E-state index is 13.7. The molecule has 1 fully saturated rings. The van der Waals surface area contributed by atoms with Gasteiger partial charge in [-0.15, -0.1) is 0 Å². The van der Waals surface area contributed by atoms with E-state index in [1.54, 1.807) is 6.07 Å². The highest BCUT2D eigenvalue weighted by molar-refractivity contribution is 6.02. The van der Waals surface area contributed by atoms with Crippen molar-refractivity contribution in [3.8, 4) is 5.75 Å². The van der Waals surface area contributed by atoms with Crippen LogP contribution in [0.15, 0.2) is 18.2 Å². The van der Waals surface area contributed by atoms with Crippen molar-refractivity contribution in [2.45, 2.75) is 19.8 Å². The van der Waals surface area contributed by atoms with Crippen LogP contribution in [0.3, 0.4) is 0 Å². The fourth-order valence-electron chi connectivity index (χ4n) is 1.58. The van der Waals surface area contributed by atoms with E-state index in [1.165, 1.54) is 19.2 Å². The van der Waals surface area contributed by atoms with Gasteiger partial charge in [0.25, 0.3) is 0 Å². The van der Waals surface area contributed by atoms with Crippen molar-refractivity contribution in [2.24, 2.45) is 5.41 Å². The van der Waals surface area contributed by atoms with Crippen LogP contribution >= 0.6 is 0 Å². The summed E-state index contributed by atoms with van der Waals surface area (Å²) in [5, 5.41) is 0. The smallest absolute Gasteiger partial charge is 0.175 e. The number of Topliss-reactive ketones (excluding diaryl/α,β-unsaturated/α-hetero) is 1. The van der Waals surface area contributed by atoms with E-state index in [1.807, 2.05) is 6.92 Å². The molecule has 0 saturated heterocycles. The molecule has 0 N–H and O–H groups in total. The molecule has 0 unspecified atom stereocenters. The molecule has 0 spiro atoms. The van der Waals surface area contributed by atoms with Crippen LogP contribution in [-0.2, 0) is 0 Å². The fraction of sp³-hybridized carbons (Fsp3) is 0.417. The van der Waals surface area contributed by atoms with Crippen LogP contribution in [0.25, 0.3) is 0 Å². The number of hydrogen-bond acceptors (Lipinski definition) is 2. The third kappa shape index (κ3) is 1.62. The summed E-state index contributed by atoms with van der Waals surface area (Å²) in [5.41, 5.74) is -0.193. The van der Waals surface area contributed by atoms with Gasteiger partial charge < -0.3 is 4.74 Å². The van der Waals surface area contributed by atoms with Crippen LogP contribution in [-0.4, -0.2) is 12.9 Å². The molecular weight excluding hydrogens is 195 g/mol. The van der Waals surface area contributed by atoms with E-state index in [4.69, 9.17) is 4.74 Å². The number of benzene rings is 1. The van der Waals surface area contributed by atoms with Gasteiger partial charge in [-0.3, -0.25) is 4.79 Å². The highest BCUT2D eigenvalue weighted by Crippen LogP contribution is 2.48. The first kappa shape index (κ1) is 10.1. The second-order valence-corrected chi connectivity index (χ2v) is 4.21. The van der Waals surface area contributed by atoms with E-state index in [0.717, 1.165) is 12.8 Å². The Morgan fingerprint density at radius 1 is 1.47 bits per heavy atom. The molecule has 0 atom stereocenters. The normalized spacial score (nSPS) is 17.3. The number of methoxy groups -OCH3 is 1. The lowest BCUT2D eigenvalue weighted by atomic mass is 9.96.